The van der Waals surface area contributed by atoms with Crippen molar-refractivity contribution in [1.29, 1.82) is 0 Å². The molecule has 4 nitrogen and oxygen atoms in total. The summed E-state index contributed by atoms with van der Waals surface area (Å²) >= 11 is 0. The van der Waals surface area contributed by atoms with E-state index in [1.807, 2.05) is 0 Å². The molecule has 0 unspecified atom stereocenters. The number of rotatable bonds is 5. The zero-order valence-electron chi connectivity index (χ0n) is 9.37. The predicted octanol–water partition coefficient (Wildman–Crippen LogP) is 2.18. The highest BCUT2D eigenvalue weighted by Gasteiger charge is 2.13. The Morgan fingerprint density at radius 2 is 2.24 bits per heavy atom. The first-order valence-corrected chi connectivity index (χ1v) is 5.03. The first-order valence-electron chi connectivity index (χ1n) is 5.03. The van der Waals surface area contributed by atoms with E-state index in [0.717, 1.165) is 0 Å². The monoisotopic (exact) mass is 244 g/mol. The molecule has 0 aromatic heterocycles. The van der Waals surface area contributed by atoms with E-state index in [2.05, 4.69) is 10.1 Å². The van der Waals surface area contributed by atoms with E-state index in [4.69, 9.17) is 5.73 Å². The lowest BCUT2D eigenvalue weighted by Gasteiger charge is -2.11. The highest BCUT2D eigenvalue weighted by atomic mass is 19.3. The zero-order chi connectivity index (χ0) is 12.8. The number of methoxy groups -OCH3 is 1. The van der Waals surface area contributed by atoms with Crippen LogP contribution in [0.1, 0.15) is 18.4 Å². The van der Waals surface area contributed by atoms with Crippen molar-refractivity contribution in [1.82, 2.24) is 0 Å². The van der Waals surface area contributed by atoms with Crippen LogP contribution in [0.4, 0.5) is 20.2 Å². The van der Waals surface area contributed by atoms with E-state index in [1.54, 1.807) is 0 Å². The molecule has 1 aromatic carbocycles. The summed E-state index contributed by atoms with van der Waals surface area (Å²) in [4.78, 5) is 10.8. The molecule has 6 heteroatoms. The minimum atomic E-state index is -2.61. The summed E-state index contributed by atoms with van der Waals surface area (Å²) in [6.07, 6.45) is -2.50. The summed E-state index contributed by atoms with van der Waals surface area (Å²) in [5, 5.41) is 2.75. The summed E-state index contributed by atoms with van der Waals surface area (Å²) in [5.74, 6) is -0.397. The Balaban J connectivity index is 2.67. The maximum Gasteiger partial charge on any atom is 0.307 e. The number of alkyl halides is 2. The fourth-order valence-electron chi connectivity index (χ4n) is 1.32. The topological polar surface area (TPSA) is 64.3 Å². The van der Waals surface area contributed by atoms with Gasteiger partial charge in [0.25, 0.3) is 6.43 Å². The second-order valence-corrected chi connectivity index (χ2v) is 3.40. The van der Waals surface area contributed by atoms with Gasteiger partial charge in [-0.05, 0) is 18.2 Å². The summed E-state index contributed by atoms with van der Waals surface area (Å²) in [5.41, 5.74) is 5.81. The fraction of sp³-hybridized carbons (Fsp3) is 0.364. The molecule has 0 spiro atoms. The molecule has 0 atom stereocenters. The van der Waals surface area contributed by atoms with Crippen molar-refractivity contribution in [3.8, 4) is 0 Å². The average Bonchev–Trinajstić information content (AvgIpc) is 2.30. The van der Waals surface area contributed by atoms with Crippen LogP contribution in [0.5, 0.6) is 0 Å². The van der Waals surface area contributed by atoms with Gasteiger partial charge in [0.15, 0.2) is 0 Å². The summed E-state index contributed by atoms with van der Waals surface area (Å²) in [6, 6.07) is 4.20. The van der Waals surface area contributed by atoms with Gasteiger partial charge in [-0.15, -0.1) is 0 Å². The van der Waals surface area contributed by atoms with Crippen LogP contribution in [-0.4, -0.2) is 19.6 Å². The summed E-state index contributed by atoms with van der Waals surface area (Å²) in [6.45, 7) is 0.232. The standard InChI is InChI=1S/C11H14F2N2O2/c1-17-10(16)4-5-15-9-3-2-7(14)6-8(9)11(12)13/h2-3,6,11,15H,4-5,14H2,1H3. The number of hydrogen-bond acceptors (Lipinski definition) is 4. The average molecular weight is 244 g/mol. The van der Waals surface area contributed by atoms with E-state index < -0.39 is 12.4 Å². The van der Waals surface area contributed by atoms with Crippen molar-refractivity contribution >= 4 is 17.3 Å². The number of anilines is 2. The Morgan fingerprint density at radius 3 is 2.82 bits per heavy atom. The Kier molecular flexibility index (Phi) is 4.68. The lowest BCUT2D eigenvalue weighted by molar-refractivity contribution is -0.140. The minimum Gasteiger partial charge on any atom is -0.469 e. The van der Waals surface area contributed by atoms with Crippen LogP contribution < -0.4 is 11.1 Å². The Labute approximate surface area is 97.8 Å². The predicted molar refractivity (Wildman–Crippen MR) is 60.9 cm³/mol. The number of hydrogen-bond donors (Lipinski definition) is 2. The Morgan fingerprint density at radius 1 is 1.53 bits per heavy atom. The van der Waals surface area contributed by atoms with Crippen molar-refractivity contribution in [2.75, 3.05) is 24.7 Å². The third-order valence-electron chi connectivity index (χ3n) is 2.18. The first-order chi connectivity index (χ1) is 8.04. The molecule has 0 amide bonds. The van der Waals surface area contributed by atoms with Crippen molar-refractivity contribution in [3.05, 3.63) is 23.8 Å². The van der Waals surface area contributed by atoms with E-state index >= 15 is 0 Å². The van der Waals surface area contributed by atoms with Gasteiger partial charge >= 0.3 is 5.97 Å². The maximum atomic E-state index is 12.7. The molecule has 94 valence electrons. The molecule has 1 aromatic rings. The Hall–Kier alpha value is -1.85. The van der Waals surface area contributed by atoms with Gasteiger partial charge in [-0.3, -0.25) is 4.79 Å². The first kappa shape index (κ1) is 13.2. The van der Waals surface area contributed by atoms with E-state index in [-0.39, 0.29) is 29.9 Å². The Bertz CT molecular complexity index is 397. The largest absolute Gasteiger partial charge is 0.469 e. The molecule has 0 saturated carbocycles. The fourth-order valence-corrected chi connectivity index (χ4v) is 1.32. The number of nitrogens with one attached hydrogen (secondary N) is 1. The molecule has 3 N–H and O–H groups in total. The van der Waals surface area contributed by atoms with Crippen molar-refractivity contribution < 1.29 is 18.3 Å². The number of carbonyl (C=O) groups is 1. The van der Waals surface area contributed by atoms with Gasteiger partial charge in [0.05, 0.1) is 13.5 Å². The van der Waals surface area contributed by atoms with Crippen molar-refractivity contribution in [2.24, 2.45) is 0 Å². The van der Waals surface area contributed by atoms with Gasteiger partial charge in [0.1, 0.15) is 0 Å². The molecule has 0 bridgehead atoms. The second-order valence-electron chi connectivity index (χ2n) is 3.40. The van der Waals surface area contributed by atoms with Gasteiger partial charge in [-0.2, -0.15) is 0 Å². The van der Waals surface area contributed by atoms with Gasteiger partial charge in [-0.25, -0.2) is 8.78 Å². The summed E-state index contributed by atoms with van der Waals surface area (Å²) < 4.78 is 29.8. The zero-order valence-corrected chi connectivity index (χ0v) is 9.37. The number of nitrogen functional groups attached to an aromatic ring is 1. The number of halogens is 2. The molecule has 0 fully saturated rings. The maximum absolute atomic E-state index is 12.7. The summed E-state index contributed by atoms with van der Waals surface area (Å²) in [7, 11) is 1.27. The van der Waals surface area contributed by atoms with Crippen LogP contribution in [0.2, 0.25) is 0 Å². The molecule has 0 saturated heterocycles. The number of carbonyl (C=O) groups excluding carboxylic acids is 1. The molecule has 0 aliphatic carbocycles. The third-order valence-corrected chi connectivity index (χ3v) is 2.18. The van der Waals surface area contributed by atoms with Crippen LogP contribution in [0.3, 0.4) is 0 Å². The van der Waals surface area contributed by atoms with Crippen molar-refractivity contribution in [3.63, 3.8) is 0 Å². The second kappa shape index (κ2) is 6.03. The number of esters is 1. The van der Waals surface area contributed by atoms with Crippen LogP contribution >= 0.6 is 0 Å². The molecule has 0 heterocycles. The van der Waals surface area contributed by atoms with Crippen molar-refractivity contribution in [2.45, 2.75) is 12.8 Å². The van der Waals surface area contributed by atoms with Gasteiger partial charge in [-0.1, -0.05) is 0 Å². The highest BCUT2D eigenvalue weighted by molar-refractivity contribution is 5.70. The van der Waals surface area contributed by atoms with E-state index in [1.165, 1.54) is 25.3 Å². The van der Waals surface area contributed by atoms with Gasteiger partial charge < -0.3 is 15.8 Å². The van der Waals surface area contributed by atoms with E-state index in [0.29, 0.717) is 0 Å². The molecule has 0 aliphatic heterocycles. The third kappa shape index (κ3) is 3.90. The normalized spacial score (nSPS) is 10.4. The van der Waals surface area contributed by atoms with Gasteiger partial charge in [0, 0.05) is 23.5 Å². The van der Waals surface area contributed by atoms with Crippen LogP contribution in [0, 0.1) is 0 Å². The number of benzene rings is 1. The lowest BCUT2D eigenvalue weighted by Crippen LogP contribution is -2.11. The van der Waals surface area contributed by atoms with Gasteiger partial charge in [0.2, 0.25) is 0 Å². The molecular formula is C11H14F2N2O2. The molecule has 17 heavy (non-hydrogen) atoms. The molecular weight excluding hydrogens is 230 g/mol. The smallest absolute Gasteiger partial charge is 0.307 e. The number of nitrogens with two attached hydrogens (primary N) is 1. The molecule has 0 aliphatic rings. The van der Waals surface area contributed by atoms with Crippen LogP contribution in [0.15, 0.2) is 18.2 Å². The van der Waals surface area contributed by atoms with Crippen LogP contribution in [0.25, 0.3) is 0 Å². The quantitative estimate of drug-likeness (QED) is 0.615. The minimum absolute atomic E-state index is 0.115. The SMILES string of the molecule is COC(=O)CCNc1ccc(N)cc1C(F)F. The van der Waals surface area contributed by atoms with E-state index in [9.17, 15) is 13.6 Å². The highest BCUT2D eigenvalue weighted by Crippen LogP contribution is 2.28. The number of ether oxygens (including phenoxy) is 1. The van der Waals surface area contributed by atoms with Crippen LogP contribution in [-0.2, 0) is 9.53 Å². The lowest BCUT2D eigenvalue weighted by atomic mass is 10.1. The molecule has 1 rings (SSSR count). The molecule has 0 radical (unpaired) electrons.